The van der Waals surface area contributed by atoms with Gasteiger partial charge in [0.25, 0.3) is 10.0 Å². The first-order valence-corrected chi connectivity index (χ1v) is 14.0. The summed E-state index contributed by atoms with van der Waals surface area (Å²) < 4.78 is 28.7. The van der Waals surface area contributed by atoms with E-state index in [9.17, 15) is 13.2 Å². The standard InChI is InChI=1S/C27H23BrN2O3S2/c28-22-13-17-24(18-14-22)30(35(32,33)26-9-5-2-6-10-26)19-27(31)29-23-15-11-21(12-16-23)20-34-25-7-3-1-4-8-25/h1-18H,19-20H2,(H,29,31). The molecule has 0 fully saturated rings. The Kier molecular flexibility index (Phi) is 8.28. The highest BCUT2D eigenvalue weighted by Gasteiger charge is 2.27. The minimum atomic E-state index is -3.94. The second kappa shape index (κ2) is 11.6. The van der Waals surface area contributed by atoms with Crippen LogP contribution in [0.4, 0.5) is 11.4 Å². The first kappa shape index (κ1) is 25.0. The molecule has 178 valence electrons. The van der Waals surface area contributed by atoms with Crippen LogP contribution in [0.5, 0.6) is 0 Å². The van der Waals surface area contributed by atoms with Gasteiger partial charge in [0, 0.05) is 20.8 Å². The van der Waals surface area contributed by atoms with Crippen LogP contribution < -0.4 is 9.62 Å². The maximum absolute atomic E-state index is 13.4. The molecule has 0 aliphatic rings. The highest BCUT2D eigenvalue weighted by atomic mass is 79.9. The largest absolute Gasteiger partial charge is 0.325 e. The van der Waals surface area contributed by atoms with E-state index in [4.69, 9.17) is 0 Å². The third-order valence-electron chi connectivity index (χ3n) is 5.12. The summed E-state index contributed by atoms with van der Waals surface area (Å²) in [5.41, 5.74) is 2.14. The van der Waals surface area contributed by atoms with E-state index in [0.29, 0.717) is 11.4 Å². The summed E-state index contributed by atoms with van der Waals surface area (Å²) in [6.07, 6.45) is 0. The normalized spacial score (nSPS) is 11.1. The van der Waals surface area contributed by atoms with Crippen molar-refractivity contribution in [3.05, 3.63) is 119 Å². The predicted molar refractivity (Wildman–Crippen MR) is 146 cm³/mol. The fourth-order valence-corrected chi connectivity index (χ4v) is 5.92. The van der Waals surface area contributed by atoms with Crippen molar-refractivity contribution in [1.82, 2.24) is 0 Å². The lowest BCUT2D eigenvalue weighted by molar-refractivity contribution is -0.114. The number of carbonyl (C=O) groups excluding carboxylic acids is 1. The number of hydrogen-bond donors (Lipinski definition) is 1. The van der Waals surface area contributed by atoms with Crippen LogP contribution in [-0.2, 0) is 20.6 Å². The van der Waals surface area contributed by atoms with Gasteiger partial charge in [0.05, 0.1) is 10.6 Å². The molecule has 0 aromatic heterocycles. The lowest BCUT2D eigenvalue weighted by Gasteiger charge is -2.24. The third kappa shape index (κ3) is 6.75. The first-order valence-electron chi connectivity index (χ1n) is 10.8. The SMILES string of the molecule is O=C(CN(c1ccc(Br)cc1)S(=O)(=O)c1ccccc1)Nc1ccc(CSc2ccccc2)cc1. The van der Waals surface area contributed by atoms with Gasteiger partial charge in [-0.15, -0.1) is 11.8 Å². The van der Waals surface area contributed by atoms with Crippen LogP contribution in [0.15, 0.2) is 123 Å². The summed E-state index contributed by atoms with van der Waals surface area (Å²) in [7, 11) is -3.94. The maximum atomic E-state index is 13.4. The Morgan fingerprint density at radius 1 is 0.800 bits per heavy atom. The number of hydrogen-bond acceptors (Lipinski definition) is 4. The van der Waals surface area contributed by atoms with Crippen LogP contribution >= 0.6 is 27.7 Å². The summed E-state index contributed by atoms with van der Waals surface area (Å²) in [6.45, 7) is -0.357. The van der Waals surface area contributed by atoms with Crippen LogP contribution in [0.3, 0.4) is 0 Å². The van der Waals surface area contributed by atoms with Gasteiger partial charge < -0.3 is 5.32 Å². The molecule has 5 nitrogen and oxygen atoms in total. The third-order valence-corrected chi connectivity index (χ3v) is 8.52. The van der Waals surface area contributed by atoms with Crippen molar-refractivity contribution in [2.24, 2.45) is 0 Å². The number of nitrogens with one attached hydrogen (secondary N) is 1. The quantitative estimate of drug-likeness (QED) is 0.232. The number of sulfonamides is 1. The van der Waals surface area contributed by atoms with Crippen LogP contribution in [-0.4, -0.2) is 20.9 Å². The Bertz CT molecular complexity index is 1360. The molecule has 8 heteroatoms. The second-order valence-corrected chi connectivity index (χ2v) is 11.5. The van der Waals surface area contributed by atoms with E-state index >= 15 is 0 Å². The average molecular weight is 568 g/mol. The average Bonchev–Trinajstić information content (AvgIpc) is 2.88. The number of thioether (sulfide) groups is 1. The zero-order valence-electron chi connectivity index (χ0n) is 18.7. The number of halogens is 1. The molecule has 4 aromatic carbocycles. The van der Waals surface area contributed by atoms with Crippen molar-refractivity contribution in [3.63, 3.8) is 0 Å². The van der Waals surface area contributed by atoms with Gasteiger partial charge in [0.2, 0.25) is 5.91 Å². The number of rotatable bonds is 9. The van der Waals surface area contributed by atoms with E-state index in [1.165, 1.54) is 17.0 Å². The summed E-state index contributed by atoms with van der Waals surface area (Å²) in [6, 6.07) is 32.6. The van der Waals surface area contributed by atoms with E-state index < -0.39 is 15.9 Å². The van der Waals surface area contributed by atoms with Crippen molar-refractivity contribution in [2.75, 3.05) is 16.2 Å². The minimum Gasteiger partial charge on any atom is -0.325 e. The molecule has 0 bridgehead atoms. The van der Waals surface area contributed by atoms with Gasteiger partial charge in [-0.2, -0.15) is 0 Å². The van der Waals surface area contributed by atoms with Gasteiger partial charge in [-0.1, -0.05) is 64.5 Å². The Morgan fingerprint density at radius 2 is 1.40 bits per heavy atom. The number of amides is 1. The number of nitrogens with zero attached hydrogens (tertiary/aromatic N) is 1. The Balaban J connectivity index is 1.46. The zero-order chi connectivity index (χ0) is 24.7. The molecule has 1 N–H and O–H groups in total. The highest BCUT2D eigenvalue weighted by molar-refractivity contribution is 9.10. The van der Waals surface area contributed by atoms with Crippen LogP contribution in [0.1, 0.15) is 5.56 Å². The summed E-state index contributed by atoms with van der Waals surface area (Å²) in [5.74, 6) is 0.379. The molecular weight excluding hydrogens is 544 g/mol. The van der Waals surface area contributed by atoms with Crippen LogP contribution in [0.25, 0.3) is 0 Å². The molecule has 35 heavy (non-hydrogen) atoms. The maximum Gasteiger partial charge on any atom is 0.264 e. The van der Waals surface area contributed by atoms with Crippen molar-refractivity contribution >= 4 is 55.0 Å². The number of anilines is 2. The van der Waals surface area contributed by atoms with Gasteiger partial charge in [-0.25, -0.2) is 8.42 Å². The smallest absolute Gasteiger partial charge is 0.264 e. The highest BCUT2D eigenvalue weighted by Crippen LogP contribution is 2.26. The molecule has 0 saturated carbocycles. The number of carbonyl (C=O) groups is 1. The Hall–Kier alpha value is -3.07. The van der Waals surface area contributed by atoms with E-state index in [-0.39, 0.29) is 11.4 Å². The van der Waals surface area contributed by atoms with Gasteiger partial charge in [0.15, 0.2) is 0 Å². The fraction of sp³-hybridized carbons (Fsp3) is 0.0741. The molecule has 0 radical (unpaired) electrons. The molecule has 4 aromatic rings. The monoisotopic (exact) mass is 566 g/mol. The summed E-state index contributed by atoms with van der Waals surface area (Å²) >= 11 is 5.10. The molecule has 0 aliphatic heterocycles. The summed E-state index contributed by atoms with van der Waals surface area (Å²) in [4.78, 5) is 14.2. The molecular formula is C27H23BrN2O3S2. The van der Waals surface area contributed by atoms with Crippen LogP contribution in [0, 0.1) is 0 Å². The van der Waals surface area contributed by atoms with E-state index in [0.717, 1.165) is 20.1 Å². The number of benzene rings is 4. The molecule has 0 spiro atoms. The van der Waals surface area contributed by atoms with Crippen molar-refractivity contribution in [2.45, 2.75) is 15.5 Å². The predicted octanol–water partition coefficient (Wildman–Crippen LogP) is 6.58. The van der Waals surface area contributed by atoms with Gasteiger partial charge in [-0.3, -0.25) is 9.10 Å². The Labute approximate surface area is 218 Å². The molecule has 4 rings (SSSR count). The summed E-state index contributed by atoms with van der Waals surface area (Å²) in [5, 5.41) is 2.82. The van der Waals surface area contributed by atoms with Crippen LogP contribution in [0.2, 0.25) is 0 Å². The van der Waals surface area contributed by atoms with Gasteiger partial charge in [0.1, 0.15) is 6.54 Å². The Morgan fingerprint density at radius 3 is 2.03 bits per heavy atom. The lowest BCUT2D eigenvalue weighted by Crippen LogP contribution is -2.38. The molecule has 0 atom stereocenters. The second-order valence-electron chi connectivity index (χ2n) is 7.65. The van der Waals surface area contributed by atoms with Gasteiger partial charge in [-0.05, 0) is 66.2 Å². The molecule has 0 aliphatic carbocycles. The molecule has 0 heterocycles. The topological polar surface area (TPSA) is 66.5 Å². The van der Waals surface area contributed by atoms with Crippen molar-refractivity contribution in [3.8, 4) is 0 Å². The fourth-order valence-electron chi connectivity index (χ4n) is 3.34. The molecule has 0 saturated heterocycles. The first-order chi connectivity index (χ1) is 16.9. The van der Waals surface area contributed by atoms with Gasteiger partial charge >= 0.3 is 0 Å². The minimum absolute atomic E-state index is 0.121. The van der Waals surface area contributed by atoms with Crippen molar-refractivity contribution < 1.29 is 13.2 Å². The van der Waals surface area contributed by atoms with E-state index in [1.54, 1.807) is 54.2 Å². The molecule has 1 amide bonds. The molecule has 0 unspecified atom stereocenters. The van der Waals surface area contributed by atoms with E-state index in [2.05, 4.69) is 33.4 Å². The zero-order valence-corrected chi connectivity index (χ0v) is 21.9. The van der Waals surface area contributed by atoms with Crippen molar-refractivity contribution in [1.29, 1.82) is 0 Å². The van der Waals surface area contributed by atoms with E-state index in [1.807, 2.05) is 42.5 Å². The lowest BCUT2D eigenvalue weighted by atomic mass is 10.2.